The van der Waals surface area contributed by atoms with Crippen molar-refractivity contribution in [3.8, 4) is 5.75 Å². The van der Waals surface area contributed by atoms with Gasteiger partial charge in [-0.25, -0.2) is 0 Å². The fourth-order valence-corrected chi connectivity index (χ4v) is 3.22. The van der Waals surface area contributed by atoms with Crippen LogP contribution in [0.25, 0.3) is 0 Å². The van der Waals surface area contributed by atoms with Crippen LogP contribution in [0.3, 0.4) is 0 Å². The fraction of sp³-hybridized carbons (Fsp3) is 0.450. The lowest BCUT2D eigenvalue weighted by Crippen LogP contribution is -2.46. The first-order chi connectivity index (χ1) is 13.1. The van der Waals surface area contributed by atoms with Crippen LogP contribution in [0, 0.1) is 0 Å². The molecule has 0 N–H and O–H groups in total. The van der Waals surface area contributed by atoms with Crippen molar-refractivity contribution in [2.75, 3.05) is 20.3 Å². The van der Waals surface area contributed by atoms with Crippen molar-refractivity contribution in [3.05, 3.63) is 47.3 Å². The van der Waals surface area contributed by atoms with Gasteiger partial charge in [-0.05, 0) is 38.3 Å². The summed E-state index contributed by atoms with van der Waals surface area (Å²) in [6.07, 6.45) is 3.00. The van der Waals surface area contributed by atoms with Crippen LogP contribution in [-0.4, -0.2) is 48.1 Å². The van der Waals surface area contributed by atoms with E-state index in [9.17, 15) is 9.59 Å². The van der Waals surface area contributed by atoms with Gasteiger partial charge in [-0.3, -0.25) is 9.59 Å². The van der Waals surface area contributed by atoms with Gasteiger partial charge in [-0.2, -0.15) is 0 Å². The molecule has 1 atom stereocenters. The SMILES string of the molecule is COCC1CCCCN1C(=O)c1cc(COc2cccc(C(C)=O)c2)on1. The van der Waals surface area contributed by atoms with Crippen molar-refractivity contribution >= 4 is 11.7 Å². The zero-order valence-corrected chi connectivity index (χ0v) is 15.6. The molecule has 0 spiro atoms. The number of hydrogen-bond acceptors (Lipinski definition) is 6. The number of Topliss-reactive ketones (excluding diaryl/α,β-unsaturated/α-hetero) is 1. The lowest BCUT2D eigenvalue weighted by atomic mass is 10.0. The van der Waals surface area contributed by atoms with Crippen molar-refractivity contribution < 1.29 is 23.6 Å². The van der Waals surface area contributed by atoms with Crippen molar-refractivity contribution in [2.24, 2.45) is 0 Å². The molecule has 2 aromatic rings. The van der Waals surface area contributed by atoms with E-state index in [2.05, 4.69) is 5.16 Å². The van der Waals surface area contributed by atoms with Crippen LogP contribution < -0.4 is 4.74 Å². The van der Waals surface area contributed by atoms with E-state index in [0.717, 1.165) is 19.3 Å². The standard InChI is InChI=1S/C20H24N2O5/c1-14(23)15-6-5-8-17(10-15)26-13-18-11-19(21-27-18)20(24)22-9-4-3-7-16(22)12-25-2/h5-6,8,10-11,16H,3-4,7,9,12-13H2,1-2H3. The molecule has 1 aromatic carbocycles. The lowest BCUT2D eigenvalue weighted by molar-refractivity contribution is 0.0419. The second kappa shape index (κ2) is 8.81. The number of aromatic nitrogens is 1. The average Bonchev–Trinajstić information content (AvgIpc) is 3.16. The zero-order chi connectivity index (χ0) is 19.2. The van der Waals surface area contributed by atoms with E-state index in [-0.39, 0.29) is 30.0 Å². The third kappa shape index (κ3) is 4.74. The number of rotatable bonds is 7. The summed E-state index contributed by atoms with van der Waals surface area (Å²) in [6, 6.07) is 8.60. The van der Waals surface area contributed by atoms with Crippen LogP contribution in [0.5, 0.6) is 5.75 Å². The molecule has 1 saturated heterocycles. The molecule has 2 heterocycles. The number of likely N-dealkylation sites (tertiary alicyclic amines) is 1. The Morgan fingerprint density at radius 3 is 2.93 bits per heavy atom. The summed E-state index contributed by atoms with van der Waals surface area (Å²) in [5.74, 6) is 0.834. The summed E-state index contributed by atoms with van der Waals surface area (Å²) >= 11 is 0. The second-order valence-electron chi connectivity index (χ2n) is 6.65. The lowest BCUT2D eigenvalue weighted by Gasteiger charge is -2.34. The van der Waals surface area contributed by atoms with Crippen LogP contribution in [0.4, 0.5) is 0 Å². The normalized spacial score (nSPS) is 17.0. The first-order valence-corrected chi connectivity index (χ1v) is 9.08. The number of nitrogens with zero attached hydrogens (tertiary/aromatic N) is 2. The van der Waals surface area contributed by atoms with Gasteiger partial charge in [0.2, 0.25) is 0 Å². The monoisotopic (exact) mass is 372 g/mol. The minimum Gasteiger partial charge on any atom is -0.486 e. The van der Waals surface area contributed by atoms with Gasteiger partial charge in [-0.1, -0.05) is 17.3 Å². The van der Waals surface area contributed by atoms with Crippen molar-refractivity contribution in [2.45, 2.75) is 38.8 Å². The van der Waals surface area contributed by atoms with Gasteiger partial charge in [0.05, 0.1) is 12.6 Å². The highest BCUT2D eigenvalue weighted by Crippen LogP contribution is 2.21. The van der Waals surface area contributed by atoms with Gasteiger partial charge in [-0.15, -0.1) is 0 Å². The highest BCUT2D eigenvalue weighted by Gasteiger charge is 2.29. The smallest absolute Gasteiger partial charge is 0.276 e. The van der Waals surface area contributed by atoms with Crippen molar-refractivity contribution in [1.82, 2.24) is 10.1 Å². The molecular weight excluding hydrogens is 348 g/mol. The Labute approximate surface area is 158 Å². The second-order valence-corrected chi connectivity index (χ2v) is 6.65. The number of methoxy groups -OCH3 is 1. The van der Waals surface area contributed by atoms with Crippen LogP contribution in [0.1, 0.15) is 52.8 Å². The summed E-state index contributed by atoms with van der Waals surface area (Å²) < 4.78 is 16.1. The number of carbonyl (C=O) groups is 2. The number of amides is 1. The first kappa shape index (κ1) is 19.1. The molecule has 0 bridgehead atoms. The van der Waals surface area contributed by atoms with Gasteiger partial charge in [0.25, 0.3) is 5.91 Å². The molecule has 7 heteroatoms. The largest absolute Gasteiger partial charge is 0.486 e. The van der Waals surface area contributed by atoms with Gasteiger partial charge in [0.1, 0.15) is 12.4 Å². The Balaban J connectivity index is 1.63. The number of benzene rings is 1. The summed E-state index contributed by atoms with van der Waals surface area (Å²) in [4.78, 5) is 26.0. The van der Waals surface area contributed by atoms with E-state index in [1.165, 1.54) is 6.92 Å². The molecule has 1 amide bonds. The van der Waals surface area contributed by atoms with E-state index < -0.39 is 0 Å². The van der Waals surface area contributed by atoms with Crippen LogP contribution in [-0.2, 0) is 11.3 Å². The maximum atomic E-state index is 12.8. The minimum atomic E-state index is -0.148. The van der Waals surface area contributed by atoms with E-state index in [1.54, 1.807) is 37.4 Å². The van der Waals surface area contributed by atoms with Gasteiger partial charge in [0.15, 0.2) is 17.2 Å². The van der Waals surface area contributed by atoms with Gasteiger partial charge >= 0.3 is 0 Å². The van der Waals surface area contributed by atoms with Gasteiger partial charge < -0.3 is 18.9 Å². The molecule has 0 saturated carbocycles. The zero-order valence-electron chi connectivity index (χ0n) is 15.6. The Morgan fingerprint density at radius 1 is 1.30 bits per heavy atom. The minimum absolute atomic E-state index is 0.0276. The Kier molecular flexibility index (Phi) is 6.24. The summed E-state index contributed by atoms with van der Waals surface area (Å²) in [5, 5.41) is 3.90. The Hall–Kier alpha value is -2.67. The molecule has 144 valence electrons. The Morgan fingerprint density at radius 2 is 2.15 bits per heavy atom. The molecule has 1 unspecified atom stereocenters. The maximum absolute atomic E-state index is 12.8. The summed E-state index contributed by atoms with van der Waals surface area (Å²) in [5.41, 5.74) is 0.851. The van der Waals surface area contributed by atoms with E-state index in [0.29, 0.717) is 30.2 Å². The summed E-state index contributed by atoms with van der Waals surface area (Å²) in [7, 11) is 1.64. The van der Waals surface area contributed by atoms with Crippen LogP contribution in [0.2, 0.25) is 0 Å². The molecule has 7 nitrogen and oxygen atoms in total. The molecule has 27 heavy (non-hydrogen) atoms. The number of hydrogen-bond donors (Lipinski definition) is 0. The highest BCUT2D eigenvalue weighted by atomic mass is 16.5. The number of carbonyl (C=O) groups excluding carboxylic acids is 2. The van der Waals surface area contributed by atoms with Crippen LogP contribution in [0.15, 0.2) is 34.9 Å². The third-order valence-corrected chi connectivity index (χ3v) is 4.65. The first-order valence-electron chi connectivity index (χ1n) is 9.08. The molecule has 1 aromatic heterocycles. The van der Waals surface area contributed by atoms with E-state index in [4.69, 9.17) is 14.0 Å². The molecular formula is C20H24N2O5. The summed E-state index contributed by atoms with van der Waals surface area (Å²) in [6.45, 7) is 2.85. The fourth-order valence-electron chi connectivity index (χ4n) is 3.22. The molecule has 1 aliphatic rings. The molecule has 0 radical (unpaired) electrons. The van der Waals surface area contributed by atoms with Crippen LogP contribution >= 0.6 is 0 Å². The molecule has 3 rings (SSSR count). The average molecular weight is 372 g/mol. The molecule has 0 aliphatic carbocycles. The number of ketones is 1. The topological polar surface area (TPSA) is 81.9 Å². The van der Waals surface area contributed by atoms with Crippen molar-refractivity contribution in [3.63, 3.8) is 0 Å². The highest BCUT2D eigenvalue weighted by molar-refractivity contribution is 5.94. The molecule has 1 fully saturated rings. The number of ether oxygens (including phenoxy) is 2. The number of piperidine rings is 1. The third-order valence-electron chi connectivity index (χ3n) is 4.65. The predicted molar refractivity (Wildman–Crippen MR) is 97.8 cm³/mol. The predicted octanol–water partition coefficient (Wildman–Crippen LogP) is 3.10. The quantitative estimate of drug-likeness (QED) is 0.695. The van der Waals surface area contributed by atoms with E-state index >= 15 is 0 Å². The molecule has 1 aliphatic heterocycles. The van der Waals surface area contributed by atoms with E-state index in [1.807, 2.05) is 4.90 Å². The van der Waals surface area contributed by atoms with Crippen molar-refractivity contribution in [1.29, 1.82) is 0 Å². The Bertz CT molecular complexity index is 799. The maximum Gasteiger partial charge on any atom is 0.276 e. The van der Waals surface area contributed by atoms with Gasteiger partial charge in [0, 0.05) is 25.3 Å².